The fourth-order valence-corrected chi connectivity index (χ4v) is 4.04. The van der Waals surface area contributed by atoms with Crippen molar-refractivity contribution in [3.8, 4) is 0 Å². The lowest BCUT2D eigenvalue weighted by Crippen LogP contribution is -2.30. The van der Waals surface area contributed by atoms with E-state index < -0.39 is 0 Å². The molecule has 5 heteroatoms. The average Bonchev–Trinajstić information content (AvgIpc) is 2.52. The van der Waals surface area contributed by atoms with E-state index in [1.165, 1.54) is 16.9 Å². The van der Waals surface area contributed by atoms with Crippen LogP contribution in [0, 0.1) is 0 Å². The fraction of sp³-hybridized carbons (Fsp3) is 0.636. The number of fused-ring (bicyclic) bond motifs is 1. The summed E-state index contributed by atoms with van der Waals surface area (Å²) in [6.07, 6.45) is 2.87. The van der Waals surface area contributed by atoms with Gasteiger partial charge in [-0.05, 0) is 31.7 Å². The van der Waals surface area contributed by atoms with E-state index in [-0.39, 0.29) is 12.1 Å². The second-order valence-electron chi connectivity index (χ2n) is 4.24. The van der Waals surface area contributed by atoms with Crippen molar-refractivity contribution in [3.63, 3.8) is 0 Å². The minimum absolute atomic E-state index is 0.245. The van der Waals surface area contributed by atoms with Crippen molar-refractivity contribution in [1.82, 2.24) is 5.32 Å². The second-order valence-corrected chi connectivity index (χ2v) is 6.47. The largest absolute Gasteiger partial charge is 0.392 e. The van der Waals surface area contributed by atoms with Gasteiger partial charge in [-0.15, -0.1) is 11.3 Å². The van der Waals surface area contributed by atoms with Gasteiger partial charge in [0.15, 0.2) is 0 Å². The average molecular weight is 280 g/mol. The predicted octanol–water partition coefficient (Wildman–Crippen LogP) is 3.40. The zero-order chi connectivity index (χ0) is 11.7. The molecular weight excluding hydrogens is 265 g/mol. The Morgan fingerprint density at radius 3 is 2.94 bits per heavy atom. The maximum absolute atomic E-state index is 9.29. The van der Waals surface area contributed by atoms with Gasteiger partial charge in [-0.1, -0.05) is 23.2 Å². The quantitative estimate of drug-likeness (QED) is 0.889. The monoisotopic (exact) mass is 279 g/mol. The molecule has 2 rings (SSSR count). The zero-order valence-corrected chi connectivity index (χ0v) is 11.4. The topological polar surface area (TPSA) is 32.3 Å². The molecule has 2 nitrogen and oxygen atoms in total. The molecule has 0 bridgehead atoms. The molecular formula is C11H15Cl2NOS. The van der Waals surface area contributed by atoms with Crippen LogP contribution in [0.15, 0.2) is 0 Å². The van der Waals surface area contributed by atoms with Gasteiger partial charge in [-0.3, -0.25) is 0 Å². The van der Waals surface area contributed by atoms with Gasteiger partial charge in [0.05, 0.1) is 14.8 Å². The van der Waals surface area contributed by atoms with Crippen molar-refractivity contribution in [2.75, 3.05) is 6.54 Å². The van der Waals surface area contributed by atoms with Crippen LogP contribution in [0.4, 0.5) is 0 Å². The van der Waals surface area contributed by atoms with Crippen molar-refractivity contribution in [2.45, 2.75) is 38.3 Å². The van der Waals surface area contributed by atoms with Crippen molar-refractivity contribution in [1.29, 1.82) is 0 Å². The van der Waals surface area contributed by atoms with Crippen LogP contribution in [-0.4, -0.2) is 17.8 Å². The number of hydrogen-bond donors (Lipinski definition) is 2. The normalized spacial score (nSPS) is 21.9. The minimum Gasteiger partial charge on any atom is -0.392 e. The summed E-state index contributed by atoms with van der Waals surface area (Å²) in [6.45, 7) is 2.37. The summed E-state index contributed by atoms with van der Waals surface area (Å²) < 4.78 is 1.62. The van der Waals surface area contributed by atoms with Crippen LogP contribution >= 0.6 is 34.5 Å². The third-order valence-electron chi connectivity index (χ3n) is 2.88. The highest BCUT2D eigenvalue weighted by atomic mass is 35.5. The van der Waals surface area contributed by atoms with E-state index in [2.05, 4.69) is 5.32 Å². The third-order valence-corrected chi connectivity index (χ3v) is 4.60. The molecule has 0 fully saturated rings. The molecule has 0 amide bonds. The highest BCUT2D eigenvalue weighted by Gasteiger charge is 2.26. The highest BCUT2D eigenvalue weighted by molar-refractivity contribution is 7.20. The van der Waals surface area contributed by atoms with Gasteiger partial charge in [0.2, 0.25) is 0 Å². The maximum Gasteiger partial charge on any atom is 0.0994 e. The number of thiophene rings is 1. The van der Waals surface area contributed by atoms with Gasteiger partial charge in [0.1, 0.15) is 0 Å². The Bertz CT molecular complexity index is 378. The van der Waals surface area contributed by atoms with Crippen LogP contribution in [0.5, 0.6) is 0 Å². The Hall–Kier alpha value is 0.200. The zero-order valence-electron chi connectivity index (χ0n) is 9.09. The molecule has 0 aromatic carbocycles. The van der Waals surface area contributed by atoms with Crippen molar-refractivity contribution >= 4 is 34.5 Å². The number of nitrogens with one attached hydrogen (secondary N) is 1. The number of halogens is 2. The highest BCUT2D eigenvalue weighted by Crippen LogP contribution is 2.44. The Kier molecular flexibility index (Phi) is 4.14. The molecule has 2 atom stereocenters. The first kappa shape index (κ1) is 12.7. The van der Waals surface area contributed by atoms with E-state index in [0.29, 0.717) is 6.54 Å². The first-order valence-electron chi connectivity index (χ1n) is 5.47. The Balaban J connectivity index is 2.19. The Morgan fingerprint density at radius 2 is 2.25 bits per heavy atom. The van der Waals surface area contributed by atoms with Crippen molar-refractivity contribution < 1.29 is 5.11 Å². The van der Waals surface area contributed by atoms with E-state index in [4.69, 9.17) is 23.2 Å². The van der Waals surface area contributed by atoms with Crippen LogP contribution < -0.4 is 5.32 Å². The van der Waals surface area contributed by atoms with Gasteiger partial charge >= 0.3 is 0 Å². The molecule has 1 aliphatic carbocycles. The number of rotatable bonds is 3. The molecule has 0 radical (unpaired) electrons. The lowest BCUT2D eigenvalue weighted by molar-refractivity contribution is 0.184. The molecule has 90 valence electrons. The SMILES string of the molecule is C[C@@H](O)CNC1CCCc2c(Cl)sc(Cl)c21. The fourth-order valence-electron chi connectivity index (χ4n) is 2.14. The summed E-state index contributed by atoms with van der Waals surface area (Å²) in [7, 11) is 0. The molecule has 1 heterocycles. The number of aliphatic hydroxyl groups is 1. The van der Waals surface area contributed by atoms with E-state index in [0.717, 1.165) is 33.5 Å². The Labute approximate surface area is 110 Å². The van der Waals surface area contributed by atoms with Crippen molar-refractivity contribution in [3.05, 3.63) is 19.8 Å². The summed E-state index contributed by atoms with van der Waals surface area (Å²) in [4.78, 5) is 0. The molecule has 1 aliphatic rings. The molecule has 16 heavy (non-hydrogen) atoms. The van der Waals surface area contributed by atoms with Gasteiger partial charge in [-0.2, -0.15) is 0 Å². The number of aliphatic hydroxyl groups excluding tert-OH is 1. The van der Waals surface area contributed by atoms with Crippen LogP contribution in [0.2, 0.25) is 8.67 Å². The first-order chi connectivity index (χ1) is 7.59. The summed E-state index contributed by atoms with van der Waals surface area (Å²) in [5.41, 5.74) is 2.36. The van der Waals surface area contributed by atoms with Gasteiger partial charge in [0.25, 0.3) is 0 Å². The summed E-state index contributed by atoms with van der Waals surface area (Å²) in [5, 5.41) is 12.6. The predicted molar refractivity (Wildman–Crippen MR) is 69.7 cm³/mol. The van der Waals surface area contributed by atoms with E-state index in [9.17, 15) is 5.11 Å². The van der Waals surface area contributed by atoms with E-state index >= 15 is 0 Å². The van der Waals surface area contributed by atoms with Crippen LogP contribution in [0.3, 0.4) is 0 Å². The molecule has 2 N–H and O–H groups in total. The lowest BCUT2D eigenvalue weighted by Gasteiger charge is -2.25. The van der Waals surface area contributed by atoms with Gasteiger partial charge in [0, 0.05) is 18.2 Å². The first-order valence-corrected chi connectivity index (χ1v) is 7.05. The second kappa shape index (κ2) is 5.23. The van der Waals surface area contributed by atoms with Gasteiger partial charge in [-0.25, -0.2) is 0 Å². The molecule has 0 spiro atoms. The smallest absolute Gasteiger partial charge is 0.0994 e. The van der Waals surface area contributed by atoms with E-state index in [1.54, 1.807) is 6.92 Å². The van der Waals surface area contributed by atoms with Crippen molar-refractivity contribution in [2.24, 2.45) is 0 Å². The summed E-state index contributed by atoms with van der Waals surface area (Å²) in [5.74, 6) is 0. The molecule has 1 aromatic heterocycles. The Morgan fingerprint density at radius 1 is 1.50 bits per heavy atom. The van der Waals surface area contributed by atoms with Gasteiger partial charge < -0.3 is 10.4 Å². The van der Waals surface area contributed by atoms with Crippen LogP contribution in [0.25, 0.3) is 0 Å². The molecule has 0 saturated heterocycles. The number of hydrogen-bond acceptors (Lipinski definition) is 3. The minimum atomic E-state index is -0.335. The summed E-state index contributed by atoms with van der Waals surface area (Å²) >= 11 is 13.8. The molecule has 0 aliphatic heterocycles. The van der Waals surface area contributed by atoms with Crippen LogP contribution in [-0.2, 0) is 6.42 Å². The van der Waals surface area contributed by atoms with E-state index in [1.807, 2.05) is 0 Å². The molecule has 1 unspecified atom stereocenters. The standard InChI is InChI=1S/C11H15Cl2NOS/c1-6(15)5-14-8-4-2-3-7-9(8)11(13)16-10(7)12/h6,8,14-15H,2-5H2,1H3/t6-,8?/m1/s1. The lowest BCUT2D eigenvalue weighted by atomic mass is 9.91. The molecule has 0 saturated carbocycles. The maximum atomic E-state index is 9.29. The van der Waals surface area contributed by atoms with Crippen LogP contribution in [0.1, 0.15) is 36.9 Å². The molecule has 1 aromatic rings. The third kappa shape index (κ3) is 2.54. The summed E-state index contributed by atoms with van der Waals surface area (Å²) in [6, 6.07) is 0.245.